The first-order valence-corrected chi connectivity index (χ1v) is 8.59. The van der Waals surface area contributed by atoms with Gasteiger partial charge >= 0.3 is 12.1 Å². The van der Waals surface area contributed by atoms with Crippen molar-refractivity contribution in [2.45, 2.75) is 45.8 Å². The van der Waals surface area contributed by atoms with E-state index in [1.807, 2.05) is 45.0 Å². The van der Waals surface area contributed by atoms with Crippen LogP contribution in [0.2, 0.25) is 0 Å². The van der Waals surface area contributed by atoms with Gasteiger partial charge in [-0.15, -0.1) is 0 Å². The molecule has 138 valence electrons. The van der Waals surface area contributed by atoms with Crippen molar-refractivity contribution in [3.05, 3.63) is 35.4 Å². The van der Waals surface area contributed by atoms with Crippen molar-refractivity contribution in [1.82, 2.24) is 4.90 Å². The lowest BCUT2D eigenvalue weighted by Gasteiger charge is -2.27. The molecule has 2 rings (SSSR count). The molecule has 1 heterocycles. The third kappa shape index (κ3) is 5.46. The summed E-state index contributed by atoms with van der Waals surface area (Å²) >= 11 is 0. The summed E-state index contributed by atoms with van der Waals surface area (Å²) in [6.45, 7) is 6.21. The number of aliphatic hydroxyl groups excluding tert-OH is 1. The molecule has 6 nitrogen and oxygen atoms in total. The highest BCUT2D eigenvalue weighted by Crippen LogP contribution is 2.30. The number of amides is 1. The molecule has 1 amide bonds. The van der Waals surface area contributed by atoms with Crippen LogP contribution < -0.4 is 0 Å². The van der Waals surface area contributed by atoms with Crippen LogP contribution in [-0.4, -0.2) is 45.9 Å². The van der Waals surface area contributed by atoms with E-state index in [1.165, 1.54) is 4.90 Å². The van der Waals surface area contributed by atoms with Gasteiger partial charge in [-0.2, -0.15) is 0 Å². The lowest BCUT2D eigenvalue weighted by Crippen LogP contribution is -2.35. The number of hydrogen-bond donors (Lipinski definition) is 2. The Morgan fingerprint density at radius 1 is 1.32 bits per heavy atom. The number of esters is 1. The summed E-state index contributed by atoms with van der Waals surface area (Å²) in [5, 5.41) is 18.5. The molecule has 2 atom stereocenters. The van der Waals surface area contributed by atoms with Gasteiger partial charge < -0.3 is 19.8 Å². The van der Waals surface area contributed by atoms with E-state index in [0.29, 0.717) is 25.9 Å². The van der Waals surface area contributed by atoms with Gasteiger partial charge in [0.05, 0.1) is 12.5 Å². The number of carbonyl (C=O) groups is 2. The van der Waals surface area contributed by atoms with Crippen molar-refractivity contribution in [1.29, 1.82) is 0 Å². The molecule has 1 aliphatic heterocycles. The van der Waals surface area contributed by atoms with E-state index in [9.17, 15) is 19.8 Å². The fraction of sp³-hybridized carbons (Fsp3) is 0.579. The Morgan fingerprint density at radius 2 is 2.00 bits per heavy atom. The minimum Gasteiger partial charge on any atom is -0.465 e. The molecule has 1 fully saturated rings. The topological polar surface area (TPSA) is 87.1 Å². The lowest BCUT2D eigenvalue weighted by molar-refractivity contribution is -0.161. The highest BCUT2D eigenvalue weighted by molar-refractivity contribution is 5.74. The molecule has 1 saturated heterocycles. The van der Waals surface area contributed by atoms with E-state index in [0.717, 1.165) is 11.1 Å². The number of carboxylic acid groups (broad SMARTS) is 1. The van der Waals surface area contributed by atoms with Crippen molar-refractivity contribution < 1.29 is 24.5 Å². The molecule has 1 aliphatic rings. The van der Waals surface area contributed by atoms with Crippen molar-refractivity contribution >= 4 is 12.1 Å². The number of carbonyl (C=O) groups excluding carboxylic acids is 1. The van der Waals surface area contributed by atoms with Crippen LogP contribution >= 0.6 is 0 Å². The maximum atomic E-state index is 12.7. The van der Waals surface area contributed by atoms with Gasteiger partial charge in [-0.1, -0.05) is 24.3 Å². The van der Waals surface area contributed by atoms with Gasteiger partial charge in [0.2, 0.25) is 0 Å². The summed E-state index contributed by atoms with van der Waals surface area (Å²) in [6, 6.07) is 7.47. The van der Waals surface area contributed by atoms with Crippen LogP contribution in [0.25, 0.3) is 0 Å². The molecule has 0 bridgehead atoms. The average molecular weight is 349 g/mol. The van der Waals surface area contributed by atoms with Crippen molar-refractivity contribution in [3.63, 3.8) is 0 Å². The van der Waals surface area contributed by atoms with Crippen LogP contribution in [0.3, 0.4) is 0 Å². The monoisotopic (exact) mass is 349 g/mol. The zero-order valence-corrected chi connectivity index (χ0v) is 15.1. The first-order valence-electron chi connectivity index (χ1n) is 8.59. The number of ether oxygens (including phenoxy) is 1. The van der Waals surface area contributed by atoms with Gasteiger partial charge in [-0.05, 0) is 50.7 Å². The summed E-state index contributed by atoms with van der Waals surface area (Å²) in [6.07, 6.45) is 0.171. The largest absolute Gasteiger partial charge is 0.465 e. The second-order valence-electron chi connectivity index (χ2n) is 7.60. The molecule has 0 radical (unpaired) electrons. The zero-order valence-electron chi connectivity index (χ0n) is 15.1. The summed E-state index contributed by atoms with van der Waals surface area (Å²) in [5.74, 6) is -0.764. The van der Waals surface area contributed by atoms with E-state index in [2.05, 4.69) is 0 Å². The average Bonchev–Trinajstić information content (AvgIpc) is 3.01. The Morgan fingerprint density at radius 3 is 2.56 bits per heavy atom. The third-order valence-electron chi connectivity index (χ3n) is 4.40. The van der Waals surface area contributed by atoms with Crippen molar-refractivity contribution in [2.24, 2.45) is 11.8 Å². The summed E-state index contributed by atoms with van der Waals surface area (Å²) in [5.41, 5.74) is 1.14. The van der Waals surface area contributed by atoms with Crippen molar-refractivity contribution in [3.8, 4) is 0 Å². The fourth-order valence-corrected chi connectivity index (χ4v) is 3.22. The molecule has 25 heavy (non-hydrogen) atoms. The number of benzene rings is 1. The maximum Gasteiger partial charge on any atom is 0.407 e. The normalized spacial score (nSPS) is 18.9. The molecule has 1 unspecified atom stereocenters. The number of rotatable bonds is 5. The van der Waals surface area contributed by atoms with Gasteiger partial charge in [-0.25, -0.2) is 4.79 Å². The molecule has 0 aliphatic carbocycles. The quantitative estimate of drug-likeness (QED) is 0.798. The van der Waals surface area contributed by atoms with Crippen LogP contribution in [0.1, 0.15) is 38.3 Å². The maximum absolute atomic E-state index is 12.7. The van der Waals surface area contributed by atoms with E-state index in [-0.39, 0.29) is 18.5 Å². The molecule has 2 N–H and O–H groups in total. The molecular formula is C19H27NO5. The van der Waals surface area contributed by atoms with Crippen LogP contribution in [0.15, 0.2) is 24.3 Å². The van der Waals surface area contributed by atoms with Crippen molar-refractivity contribution in [2.75, 3.05) is 13.1 Å². The van der Waals surface area contributed by atoms with Crippen LogP contribution in [0, 0.1) is 11.8 Å². The van der Waals surface area contributed by atoms with Crippen LogP contribution in [0.5, 0.6) is 0 Å². The van der Waals surface area contributed by atoms with Crippen LogP contribution in [0.4, 0.5) is 4.79 Å². The number of likely N-dealkylation sites (tertiary alicyclic amines) is 1. The molecule has 1 aromatic rings. The Bertz CT molecular complexity index is 622. The Labute approximate surface area is 148 Å². The van der Waals surface area contributed by atoms with Gasteiger partial charge in [0.1, 0.15) is 5.60 Å². The number of hydrogen-bond acceptors (Lipinski definition) is 4. The second kappa shape index (κ2) is 7.87. The SMILES string of the molecule is CC(C)(C)OC(=O)C(Cc1cccc(CO)c1)[C@H]1CCN(C(=O)O)C1. The number of aliphatic hydroxyl groups is 1. The predicted octanol–water partition coefficient (Wildman–Crippen LogP) is 2.68. The summed E-state index contributed by atoms with van der Waals surface area (Å²) < 4.78 is 5.58. The van der Waals surface area contributed by atoms with Gasteiger partial charge in [-0.3, -0.25) is 4.79 Å². The van der Waals surface area contributed by atoms with Crippen LogP contribution in [-0.2, 0) is 22.6 Å². The molecule has 6 heteroatoms. The third-order valence-corrected chi connectivity index (χ3v) is 4.40. The van der Waals surface area contributed by atoms with E-state index in [1.54, 1.807) is 0 Å². The zero-order chi connectivity index (χ0) is 18.6. The minimum absolute atomic E-state index is 0.0544. The molecule has 0 saturated carbocycles. The highest BCUT2D eigenvalue weighted by atomic mass is 16.6. The molecule has 0 aromatic heterocycles. The first-order chi connectivity index (χ1) is 11.7. The predicted molar refractivity (Wildman–Crippen MR) is 93.1 cm³/mol. The standard InChI is InChI=1S/C19H27NO5/c1-19(2,3)25-17(22)16(15-7-8-20(11-15)18(23)24)10-13-5-4-6-14(9-13)12-21/h4-6,9,15-16,21H,7-8,10-12H2,1-3H3,(H,23,24)/t15-,16?/m0/s1. The van der Waals surface area contributed by atoms with Gasteiger partial charge in [0, 0.05) is 13.1 Å². The summed E-state index contributed by atoms with van der Waals surface area (Å²) in [7, 11) is 0. The van der Waals surface area contributed by atoms with Gasteiger partial charge in [0.15, 0.2) is 0 Å². The second-order valence-corrected chi connectivity index (χ2v) is 7.60. The Balaban J connectivity index is 2.19. The number of nitrogens with zero attached hydrogens (tertiary/aromatic N) is 1. The van der Waals surface area contributed by atoms with Gasteiger partial charge in [0.25, 0.3) is 0 Å². The van der Waals surface area contributed by atoms with E-state index in [4.69, 9.17) is 4.74 Å². The lowest BCUT2D eigenvalue weighted by atomic mass is 9.85. The van der Waals surface area contributed by atoms with E-state index < -0.39 is 17.6 Å². The van der Waals surface area contributed by atoms with E-state index >= 15 is 0 Å². The highest BCUT2D eigenvalue weighted by Gasteiger charge is 2.37. The minimum atomic E-state index is -0.951. The first kappa shape index (κ1) is 19.2. The molecule has 0 spiro atoms. The Kier molecular flexibility index (Phi) is 6.06. The summed E-state index contributed by atoms with van der Waals surface area (Å²) in [4.78, 5) is 25.3. The smallest absolute Gasteiger partial charge is 0.407 e. The fourth-order valence-electron chi connectivity index (χ4n) is 3.22. The Hall–Kier alpha value is -2.08. The molecular weight excluding hydrogens is 322 g/mol. The molecule has 1 aromatic carbocycles.